The zero-order valence-corrected chi connectivity index (χ0v) is 41.4. The first-order chi connectivity index (χ1) is 35.3. The van der Waals surface area contributed by atoms with Crippen molar-refractivity contribution in [3.63, 3.8) is 0 Å². The van der Waals surface area contributed by atoms with Crippen molar-refractivity contribution in [1.29, 1.82) is 0 Å². The largest absolute Gasteiger partial charge is 0.310 e. The standard InChI is InChI=1S/C71H57N/c1-69(2)63-28-13-10-25-58(63)62-27-18-26-61(68(62)69)55-22-9-8-21-54(55)48-33-38-52(39-34-48)72(53-40-42-60-57-24-12-15-30-65(57)71(67(60)46-53)43-16-5-17-44-71)51-36-31-47(32-37-51)49-35-41-59-56-23-11-14-29-64(56)70(3,66(59)45-49)50-19-6-4-7-20-50/h4,6-15,18-42,45-46H,5,16-17,43-44H2,1-3H3. The van der Waals surface area contributed by atoms with Crippen LogP contribution in [0.1, 0.15) is 91.8 Å². The molecule has 1 heteroatoms. The zero-order chi connectivity index (χ0) is 48.2. The molecule has 346 valence electrons. The summed E-state index contributed by atoms with van der Waals surface area (Å²) < 4.78 is 0. The summed E-state index contributed by atoms with van der Waals surface area (Å²) in [4.78, 5) is 2.49. The molecule has 10 aromatic carbocycles. The fraction of sp³-hybridized carbons (Fsp3) is 0.155. The van der Waals surface area contributed by atoms with Crippen LogP contribution in [0, 0.1) is 0 Å². The number of anilines is 3. The lowest BCUT2D eigenvalue weighted by Crippen LogP contribution is -2.28. The molecule has 4 aliphatic rings. The number of hydrogen-bond acceptors (Lipinski definition) is 1. The van der Waals surface area contributed by atoms with Gasteiger partial charge in [0.05, 0.1) is 0 Å². The summed E-state index contributed by atoms with van der Waals surface area (Å²) >= 11 is 0. The van der Waals surface area contributed by atoms with E-state index in [0.717, 1.165) is 11.4 Å². The molecule has 0 radical (unpaired) electrons. The van der Waals surface area contributed by atoms with Gasteiger partial charge >= 0.3 is 0 Å². The van der Waals surface area contributed by atoms with E-state index in [1.54, 1.807) is 0 Å². The molecule has 72 heavy (non-hydrogen) atoms. The van der Waals surface area contributed by atoms with Gasteiger partial charge in [0, 0.05) is 33.3 Å². The first-order valence-electron chi connectivity index (χ1n) is 26.2. The van der Waals surface area contributed by atoms with Crippen molar-refractivity contribution in [3.05, 3.63) is 269 Å². The third-order valence-corrected chi connectivity index (χ3v) is 17.6. The van der Waals surface area contributed by atoms with Crippen molar-refractivity contribution < 1.29 is 0 Å². The van der Waals surface area contributed by atoms with E-state index in [9.17, 15) is 0 Å². The predicted octanol–water partition coefficient (Wildman–Crippen LogP) is 19.0. The lowest BCUT2D eigenvalue weighted by molar-refractivity contribution is 0.353. The summed E-state index contributed by atoms with van der Waals surface area (Å²) in [6, 6.07) is 87.3. The SMILES string of the molecule is CC1(C)c2ccccc2-c2cccc(-c3ccccc3-c3ccc(N(c4ccc(-c5ccc6c(c5)C(C)(c5ccccc5)c5ccccc5-6)cc4)c4ccc5c(c4)C4(CCCCC4)c4ccccc4-5)cc3)c21. The number of benzene rings is 10. The van der Waals surface area contributed by atoms with Crippen LogP contribution in [0.4, 0.5) is 17.1 Å². The number of fused-ring (bicyclic) bond motifs is 11. The van der Waals surface area contributed by atoms with E-state index in [0.29, 0.717) is 0 Å². The molecule has 10 aromatic rings. The highest BCUT2D eigenvalue weighted by molar-refractivity contribution is 5.94. The van der Waals surface area contributed by atoms with E-state index in [-0.39, 0.29) is 16.2 Å². The Balaban J connectivity index is 0.876. The van der Waals surface area contributed by atoms with Gasteiger partial charge in [-0.15, -0.1) is 0 Å². The van der Waals surface area contributed by atoms with Crippen LogP contribution in [0.25, 0.3) is 66.8 Å². The van der Waals surface area contributed by atoms with Crippen LogP contribution in [0.15, 0.2) is 231 Å². The van der Waals surface area contributed by atoms with Gasteiger partial charge in [0.1, 0.15) is 0 Å². The Bertz CT molecular complexity index is 3760. The molecule has 0 bridgehead atoms. The Morgan fingerprint density at radius 2 is 0.778 bits per heavy atom. The molecular formula is C71H57N. The summed E-state index contributed by atoms with van der Waals surface area (Å²) in [5.74, 6) is 0. The molecule has 0 aliphatic heterocycles. The summed E-state index contributed by atoms with van der Waals surface area (Å²) in [7, 11) is 0. The predicted molar refractivity (Wildman–Crippen MR) is 302 cm³/mol. The number of nitrogens with zero attached hydrogens (tertiary/aromatic N) is 1. The summed E-state index contributed by atoms with van der Waals surface area (Å²) in [5.41, 5.74) is 28.7. The van der Waals surface area contributed by atoms with E-state index in [1.807, 2.05) is 0 Å². The van der Waals surface area contributed by atoms with Crippen molar-refractivity contribution in [2.24, 2.45) is 0 Å². The Morgan fingerprint density at radius 3 is 1.47 bits per heavy atom. The minimum Gasteiger partial charge on any atom is -0.310 e. The fourth-order valence-corrected chi connectivity index (χ4v) is 14.1. The average molecular weight is 924 g/mol. The highest BCUT2D eigenvalue weighted by atomic mass is 15.1. The molecule has 1 spiro atoms. The molecule has 0 heterocycles. The van der Waals surface area contributed by atoms with Crippen LogP contribution in [0.5, 0.6) is 0 Å². The molecule has 1 fully saturated rings. The smallest absolute Gasteiger partial charge is 0.0465 e. The van der Waals surface area contributed by atoms with Crippen LogP contribution in [0.2, 0.25) is 0 Å². The van der Waals surface area contributed by atoms with Crippen molar-refractivity contribution in [3.8, 4) is 66.8 Å². The van der Waals surface area contributed by atoms with Gasteiger partial charge < -0.3 is 4.90 Å². The maximum Gasteiger partial charge on any atom is 0.0465 e. The van der Waals surface area contributed by atoms with Gasteiger partial charge in [-0.3, -0.25) is 0 Å². The van der Waals surface area contributed by atoms with E-state index in [2.05, 4.69) is 256 Å². The van der Waals surface area contributed by atoms with Crippen molar-refractivity contribution in [2.75, 3.05) is 4.90 Å². The Labute approximate surface area is 425 Å². The average Bonchev–Trinajstić information content (AvgIpc) is 3.96. The van der Waals surface area contributed by atoms with E-state index in [1.165, 1.54) is 143 Å². The first-order valence-corrected chi connectivity index (χ1v) is 26.2. The van der Waals surface area contributed by atoms with Gasteiger partial charge in [0.2, 0.25) is 0 Å². The second-order valence-electron chi connectivity index (χ2n) is 21.6. The van der Waals surface area contributed by atoms with E-state index < -0.39 is 0 Å². The minimum atomic E-state index is -0.251. The van der Waals surface area contributed by atoms with Crippen molar-refractivity contribution in [1.82, 2.24) is 0 Å². The molecule has 0 N–H and O–H groups in total. The lowest BCUT2D eigenvalue weighted by Gasteiger charge is -2.36. The highest BCUT2D eigenvalue weighted by Crippen LogP contribution is 2.58. The first kappa shape index (κ1) is 42.8. The van der Waals surface area contributed by atoms with Crippen molar-refractivity contribution in [2.45, 2.75) is 69.1 Å². The second-order valence-corrected chi connectivity index (χ2v) is 21.6. The second kappa shape index (κ2) is 16.3. The summed E-state index contributed by atoms with van der Waals surface area (Å²) in [6.45, 7) is 7.18. The van der Waals surface area contributed by atoms with Gasteiger partial charge in [-0.05, 0) is 168 Å². The van der Waals surface area contributed by atoms with Gasteiger partial charge in [-0.1, -0.05) is 221 Å². The van der Waals surface area contributed by atoms with Crippen LogP contribution >= 0.6 is 0 Å². The third kappa shape index (κ3) is 6.26. The lowest BCUT2D eigenvalue weighted by atomic mass is 9.68. The molecule has 0 amide bonds. The summed E-state index contributed by atoms with van der Waals surface area (Å²) in [6.07, 6.45) is 6.25. The number of rotatable bonds is 7. The molecule has 1 unspecified atom stereocenters. The molecule has 1 nitrogen and oxygen atoms in total. The van der Waals surface area contributed by atoms with Crippen LogP contribution < -0.4 is 4.90 Å². The fourth-order valence-electron chi connectivity index (χ4n) is 14.1. The maximum atomic E-state index is 2.55. The van der Waals surface area contributed by atoms with E-state index in [4.69, 9.17) is 0 Å². The normalized spacial score (nSPS) is 17.1. The highest BCUT2D eigenvalue weighted by Gasteiger charge is 2.45. The molecule has 4 aliphatic carbocycles. The number of hydrogen-bond donors (Lipinski definition) is 0. The van der Waals surface area contributed by atoms with Crippen LogP contribution in [0.3, 0.4) is 0 Å². The Kier molecular flexibility index (Phi) is 9.68. The van der Waals surface area contributed by atoms with Gasteiger partial charge in [-0.25, -0.2) is 0 Å². The van der Waals surface area contributed by atoms with Gasteiger partial charge in [0.25, 0.3) is 0 Å². The van der Waals surface area contributed by atoms with Crippen LogP contribution in [-0.2, 0) is 16.2 Å². The molecule has 1 saturated carbocycles. The summed E-state index contributed by atoms with van der Waals surface area (Å²) in [5, 5.41) is 0. The van der Waals surface area contributed by atoms with Gasteiger partial charge in [-0.2, -0.15) is 0 Å². The Hall–Kier alpha value is -8.00. The van der Waals surface area contributed by atoms with Gasteiger partial charge in [0.15, 0.2) is 0 Å². The molecular weight excluding hydrogens is 867 g/mol. The molecule has 1 atom stereocenters. The van der Waals surface area contributed by atoms with E-state index >= 15 is 0 Å². The Morgan fingerprint density at radius 1 is 0.306 bits per heavy atom. The quantitative estimate of drug-likeness (QED) is 0.154. The maximum absolute atomic E-state index is 2.55. The van der Waals surface area contributed by atoms with Crippen LogP contribution in [-0.4, -0.2) is 0 Å². The monoisotopic (exact) mass is 923 g/mol. The minimum absolute atomic E-state index is 0.0539. The molecule has 14 rings (SSSR count). The zero-order valence-electron chi connectivity index (χ0n) is 41.4. The third-order valence-electron chi connectivity index (χ3n) is 17.6. The molecule has 0 saturated heterocycles. The van der Waals surface area contributed by atoms with Crippen molar-refractivity contribution >= 4 is 17.1 Å². The molecule has 0 aromatic heterocycles. The topological polar surface area (TPSA) is 3.24 Å².